The quantitative estimate of drug-likeness (QED) is 0.432. The second-order valence-electron chi connectivity index (χ2n) is 7.17. The second-order valence-corrected chi connectivity index (χ2v) is 7.17. The minimum atomic E-state index is -1.08. The second kappa shape index (κ2) is 8.43. The lowest BCUT2D eigenvalue weighted by molar-refractivity contribution is -0.143. The highest BCUT2D eigenvalue weighted by Gasteiger charge is 2.31. The van der Waals surface area contributed by atoms with Crippen molar-refractivity contribution in [3.8, 4) is 0 Å². The fourth-order valence-corrected chi connectivity index (χ4v) is 3.29. The number of hydrogen-bond acceptors (Lipinski definition) is 8. The lowest BCUT2D eigenvalue weighted by atomic mass is 10.1. The van der Waals surface area contributed by atoms with Gasteiger partial charge in [0.05, 0.1) is 24.6 Å². The first-order chi connectivity index (χ1) is 13.8. The summed E-state index contributed by atoms with van der Waals surface area (Å²) >= 11 is 0. The first-order valence-corrected chi connectivity index (χ1v) is 9.33. The van der Waals surface area contributed by atoms with Crippen LogP contribution in [-0.4, -0.2) is 53.4 Å². The van der Waals surface area contributed by atoms with Crippen molar-refractivity contribution in [3.63, 3.8) is 0 Å². The van der Waals surface area contributed by atoms with Crippen LogP contribution in [0.5, 0.6) is 0 Å². The van der Waals surface area contributed by atoms with E-state index in [1.54, 1.807) is 0 Å². The molecule has 29 heavy (non-hydrogen) atoms. The Morgan fingerprint density at radius 1 is 1.07 bits per heavy atom. The molecule has 0 aromatic carbocycles. The highest BCUT2D eigenvalue weighted by Crippen LogP contribution is 2.43. The van der Waals surface area contributed by atoms with E-state index >= 15 is 0 Å². The van der Waals surface area contributed by atoms with Crippen LogP contribution >= 0.6 is 0 Å². The van der Waals surface area contributed by atoms with E-state index in [0.717, 1.165) is 30.5 Å². The smallest absolute Gasteiger partial charge is 0.303 e. The van der Waals surface area contributed by atoms with Crippen LogP contribution in [0.3, 0.4) is 0 Å². The van der Waals surface area contributed by atoms with Gasteiger partial charge in [0.2, 0.25) is 11.9 Å². The summed E-state index contributed by atoms with van der Waals surface area (Å²) in [5, 5.41) is 25.1. The van der Waals surface area contributed by atoms with E-state index in [9.17, 15) is 14.7 Å². The van der Waals surface area contributed by atoms with Crippen molar-refractivity contribution in [1.82, 2.24) is 19.5 Å². The molecule has 1 saturated carbocycles. The summed E-state index contributed by atoms with van der Waals surface area (Å²) in [5.74, 6) is -0.857. The van der Waals surface area contributed by atoms with E-state index in [2.05, 4.69) is 15.0 Å². The topological polar surface area (TPSA) is 190 Å². The molecule has 0 unspecified atom stereocenters. The van der Waals surface area contributed by atoms with Crippen molar-refractivity contribution in [2.45, 2.75) is 44.1 Å². The Kier molecular flexibility index (Phi) is 5.97. The number of aromatic nitrogens is 4. The predicted octanol–water partition coefficient (Wildman–Crippen LogP) is 0.913. The maximum atomic E-state index is 9.64. The molecule has 2 aliphatic carbocycles. The lowest BCUT2D eigenvalue weighted by Crippen LogP contribution is -2.12. The third-order valence-corrected chi connectivity index (χ3v) is 4.84. The molecule has 2 heterocycles. The summed E-state index contributed by atoms with van der Waals surface area (Å²) in [4.78, 5) is 32.5. The molecule has 0 saturated heterocycles. The zero-order chi connectivity index (χ0) is 21.1. The van der Waals surface area contributed by atoms with Gasteiger partial charge in [0.1, 0.15) is 5.52 Å². The molecule has 11 heteroatoms. The van der Waals surface area contributed by atoms with Crippen molar-refractivity contribution >= 4 is 35.0 Å². The summed E-state index contributed by atoms with van der Waals surface area (Å²) in [6.45, 7) is 0.143. The Morgan fingerprint density at radius 3 is 2.24 bits per heavy atom. The number of rotatable bonds is 6. The number of carbonyl (C=O) groups is 2. The first-order valence-electron chi connectivity index (χ1n) is 9.33. The van der Waals surface area contributed by atoms with Gasteiger partial charge in [0.15, 0.2) is 5.65 Å². The van der Waals surface area contributed by atoms with Crippen LogP contribution < -0.4 is 11.5 Å². The molecule has 0 radical (unpaired) electrons. The number of fused-ring (bicyclic) bond motifs is 1. The highest BCUT2D eigenvalue weighted by atomic mass is 16.4. The number of aliphatic carboxylic acids is 2. The summed E-state index contributed by atoms with van der Waals surface area (Å²) < 4.78 is 1.91. The van der Waals surface area contributed by atoms with Gasteiger partial charge in [-0.25, -0.2) is 9.97 Å². The number of nitrogens with zero attached hydrogens (tertiary/aromatic N) is 4. The SMILES string of the molecule is Nc1nc(C2CC2)c2nc(N)n([C@H]3C=C[C@@H](CO)C3)c2n1.O=C(O)CCC(=O)O. The van der Waals surface area contributed by atoms with Crippen LogP contribution in [0.1, 0.15) is 49.8 Å². The first kappa shape index (κ1) is 20.5. The van der Waals surface area contributed by atoms with Gasteiger partial charge in [-0.2, -0.15) is 4.98 Å². The lowest BCUT2D eigenvalue weighted by Gasteiger charge is -2.14. The molecule has 0 bridgehead atoms. The maximum Gasteiger partial charge on any atom is 0.303 e. The van der Waals surface area contributed by atoms with E-state index < -0.39 is 11.9 Å². The third kappa shape index (κ3) is 4.80. The number of aliphatic hydroxyl groups excluding tert-OH is 1. The minimum Gasteiger partial charge on any atom is -0.481 e. The van der Waals surface area contributed by atoms with Gasteiger partial charge in [-0.15, -0.1) is 0 Å². The summed E-state index contributed by atoms with van der Waals surface area (Å²) in [7, 11) is 0. The summed E-state index contributed by atoms with van der Waals surface area (Å²) in [6.07, 6.45) is 6.51. The highest BCUT2D eigenvalue weighted by molar-refractivity contribution is 5.79. The molecule has 1 fully saturated rings. The van der Waals surface area contributed by atoms with Gasteiger partial charge in [-0.3, -0.25) is 14.2 Å². The molecule has 2 aromatic heterocycles. The number of aliphatic hydroxyl groups is 1. The number of carboxylic acid groups (broad SMARTS) is 2. The monoisotopic (exact) mass is 404 g/mol. The fraction of sp³-hybridized carbons (Fsp3) is 0.500. The van der Waals surface area contributed by atoms with Gasteiger partial charge in [0, 0.05) is 18.4 Å². The third-order valence-electron chi connectivity index (χ3n) is 4.84. The Balaban J connectivity index is 0.000000258. The van der Waals surface area contributed by atoms with Crippen molar-refractivity contribution in [2.24, 2.45) is 5.92 Å². The predicted molar refractivity (Wildman–Crippen MR) is 104 cm³/mol. The van der Waals surface area contributed by atoms with Crippen LogP contribution in [-0.2, 0) is 9.59 Å². The average molecular weight is 404 g/mol. The molecule has 0 spiro atoms. The number of carboxylic acids is 2. The number of imidazole rings is 1. The van der Waals surface area contributed by atoms with Crippen LogP contribution in [0.15, 0.2) is 12.2 Å². The van der Waals surface area contributed by atoms with Gasteiger partial charge in [-0.1, -0.05) is 12.2 Å². The van der Waals surface area contributed by atoms with Crippen LogP contribution in [0.25, 0.3) is 11.2 Å². The van der Waals surface area contributed by atoms with Gasteiger partial charge in [-0.05, 0) is 19.3 Å². The molecular weight excluding hydrogens is 380 g/mol. The number of nitrogen functional groups attached to an aromatic ring is 2. The molecule has 4 rings (SSSR count). The molecule has 2 aromatic rings. The fourth-order valence-electron chi connectivity index (χ4n) is 3.29. The molecular formula is C18H24N6O5. The Hall–Kier alpha value is -3.21. The van der Waals surface area contributed by atoms with E-state index in [1.165, 1.54) is 0 Å². The van der Waals surface area contributed by atoms with Crippen molar-refractivity contribution in [1.29, 1.82) is 0 Å². The normalized spacial score (nSPS) is 20.4. The standard InChI is InChI=1S/C14H18N6O.C4H6O4/c15-13-17-10(8-2-3-8)11-12(19-13)20(14(16)18-11)9-4-1-7(5-9)6-21;5-3(6)1-2-4(7)8/h1,4,7-9,21H,2-3,5-6H2,(H2,16,18)(H2,15,17,19);1-2H2,(H,5,6)(H,7,8)/t7-,9+;/m1./s1. The average Bonchev–Trinajstić information content (AvgIpc) is 3.31. The zero-order valence-corrected chi connectivity index (χ0v) is 15.7. The largest absolute Gasteiger partial charge is 0.481 e. The zero-order valence-electron chi connectivity index (χ0n) is 15.7. The van der Waals surface area contributed by atoms with Crippen molar-refractivity contribution < 1.29 is 24.9 Å². The van der Waals surface area contributed by atoms with Crippen LogP contribution in [0.4, 0.5) is 11.9 Å². The van der Waals surface area contributed by atoms with Gasteiger partial charge in [0.25, 0.3) is 0 Å². The molecule has 11 nitrogen and oxygen atoms in total. The maximum absolute atomic E-state index is 9.64. The van der Waals surface area contributed by atoms with Gasteiger partial charge >= 0.3 is 11.9 Å². The Bertz CT molecular complexity index is 938. The Labute approximate surface area is 166 Å². The molecule has 7 N–H and O–H groups in total. The van der Waals surface area contributed by atoms with Crippen molar-refractivity contribution in [3.05, 3.63) is 17.8 Å². The molecule has 0 amide bonds. The number of nitrogens with two attached hydrogens (primary N) is 2. The Morgan fingerprint density at radius 2 is 1.72 bits per heavy atom. The van der Waals surface area contributed by atoms with E-state index in [-0.39, 0.29) is 37.4 Å². The summed E-state index contributed by atoms with van der Waals surface area (Å²) in [6, 6.07) is 0.0634. The van der Waals surface area contributed by atoms with E-state index in [1.807, 2.05) is 16.7 Å². The van der Waals surface area contributed by atoms with Gasteiger partial charge < -0.3 is 26.8 Å². The number of anilines is 2. The summed E-state index contributed by atoms with van der Waals surface area (Å²) in [5.41, 5.74) is 14.4. The van der Waals surface area contributed by atoms with Crippen LogP contribution in [0, 0.1) is 5.92 Å². The number of allylic oxidation sites excluding steroid dienone is 1. The van der Waals surface area contributed by atoms with Crippen LogP contribution in [0.2, 0.25) is 0 Å². The van der Waals surface area contributed by atoms with E-state index in [0.29, 0.717) is 17.5 Å². The molecule has 0 aliphatic heterocycles. The molecule has 2 atom stereocenters. The molecule has 2 aliphatic rings. The van der Waals surface area contributed by atoms with Crippen molar-refractivity contribution in [2.75, 3.05) is 18.1 Å². The van der Waals surface area contributed by atoms with E-state index in [4.69, 9.17) is 21.7 Å². The number of hydrogen-bond donors (Lipinski definition) is 5. The molecule has 156 valence electrons. The minimum absolute atomic E-state index is 0.0634.